The highest BCUT2D eigenvalue weighted by Gasteiger charge is 2.27. The van der Waals surface area contributed by atoms with Crippen molar-refractivity contribution in [3.8, 4) is 0 Å². The quantitative estimate of drug-likeness (QED) is 0.578. The van der Waals surface area contributed by atoms with Gasteiger partial charge in [0.05, 0.1) is 11.1 Å². The van der Waals surface area contributed by atoms with E-state index < -0.39 is 11.2 Å². The third kappa shape index (κ3) is 4.99. The molecule has 3 N–H and O–H groups in total. The lowest BCUT2D eigenvalue weighted by Crippen LogP contribution is -2.43. The SMILES string of the molecule is CCN(CCNC(=O)c1c(C)[nH]c(/C=C2\C(=O)Nc3ccc(F)cc32)c1C)C(=O)C(C)(C)C. The lowest BCUT2D eigenvalue weighted by atomic mass is 9.95. The second-order valence-corrected chi connectivity index (χ2v) is 9.26. The van der Waals surface area contributed by atoms with Gasteiger partial charge in [-0.25, -0.2) is 4.39 Å². The number of anilines is 1. The fourth-order valence-corrected chi connectivity index (χ4v) is 3.98. The number of H-pyrrole nitrogens is 1. The van der Waals surface area contributed by atoms with Gasteiger partial charge in [-0.05, 0) is 50.6 Å². The maximum absolute atomic E-state index is 13.7. The Hall–Kier alpha value is -3.42. The lowest BCUT2D eigenvalue weighted by molar-refractivity contribution is -0.139. The van der Waals surface area contributed by atoms with Crippen molar-refractivity contribution in [2.75, 3.05) is 25.0 Å². The molecule has 2 heterocycles. The van der Waals surface area contributed by atoms with E-state index in [9.17, 15) is 18.8 Å². The number of fused-ring (bicyclic) bond motifs is 1. The van der Waals surface area contributed by atoms with Crippen LogP contribution in [0, 0.1) is 25.1 Å². The van der Waals surface area contributed by atoms with E-state index in [1.807, 2.05) is 27.7 Å². The number of carbonyl (C=O) groups excluding carboxylic acids is 3. The van der Waals surface area contributed by atoms with E-state index >= 15 is 0 Å². The van der Waals surface area contributed by atoms with E-state index in [1.54, 1.807) is 24.8 Å². The predicted molar refractivity (Wildman–Crippen MR) is 127 cm³/mol. The fourth-order valence-electron chi connectivity index (χ4n) is 3.98. The van der Waals surface area contributed by atoms with Gasteiger partial charge in [0.1, 0.15) is 5.82 Å². The summed E-state index contributed by atoms with van der Waals surface area (Å²) in [7, 11) is 0. The minimum absolute atomic E-state index is 0.0359. The largest absolute Gasteiger partial charge is 0.358 e. The molecule has 0 atom stereocenters. The van der Waals surface area contributed by atoms with E-state index in [0.717, 1.165) is 0 Å². The number of aryl methyl sites for hydroxylation is 1. The number of carbonyl (C=O) groups is 3. The molecule has 1 aromatic carbocycles. The number of likely N-dealkylation sites (N-methyl/N-ethyl adjacent to an activating group) is 1. The molecule has 3 rings (SSSR count). The van der Waals surface area contributed by atoms with Crippen molar-refractivity contribution in [1.82, 2.24) is 15.2 Å². The molecule has 0 fully saturated rings. The molecular formula is C25H31FN4O3. The molecule has 3 amide bonds. The summed E-state index contributed by atoms with van der Waals surface area (Å²) in [5, 5.41) is 5.61. The molecule has 1 aliphatic heterocycles. The molecule has 0 saturated heterocycles. The van der Waals surface area contributed by atoms with Crippen LogP contribution in [0.2, 0.25) is 0 Å². The van der Waals surface area contributed by atoms with E-state index in [0.29, 0.717) is 59.0 Å². The maximum Gasteiger partial charge on any atom is 0.256 e. The van der Waals surface area contributed by atoms with Gasteiger partial charge in [-0.15, -0.1) is 0 Å². The first kappa shape index (κ1) is 24.2. The summed E-state index contributed by atoms with van der Waals surface area (Å²) in [5.74, 6) is -0.973. The van der Waals surface area contributed by atoms with Crippen molar-refractivity contribution in [3.63, 3.8) is 0 Å². The van der Waals surface area contributed by atoms with E-state index in [-0.39, 0.29) is 17.7 Å². The first-order valence-corrected chi connectivity index (χ1v) is 11.0. The third-order valence-electron chi connectivity index (χ3n) is 5.73. The third-order valence-corrected chi connectivity index (χ3v) is 5.73. The molecule has 176 valence electrons. The second-order valence-electron chi connectivity index (χ2n) is 9.26. The zero-order chi connectivity index (χ0) is 24.5. The van der Waals surface area contributed by atoms with Gasteiger partial charge >= 0.3 is 0 Å². The van der Waals surface area contributed by atoms with Crippen LogP contribution in [-0.4, -0.2) is 47.2 Å². The highest BCUT2D eigenvalue weighted by Crippen LogP contribution is 2.34. The van der Waals surface area contributed by atoms with Crippen LogP contribution < -0.4 is 10.6 Å². The monoisotopic (exact) mass is 454 g/mol. The average Bonchev–Trinajstić information content (AvgIpc) is 3.19. The summed E-state index contributed by atoms with van der Waals surface area (Å²) in [6.45, 7) is 12.4. The van der Waals surface area contributed by atoms with Crippen molar-refractivity contribution in [3.05, 3.63) is 52.1 Å². The minimum atomic E-state index is -0.482. The number of halogens is 1. The summed E-state index contributed by atoms with van der Waals surface area (Å²) < 4.78 is 13.7. The Morgan fingerprint density at radius 1 is 1.21 bits per heavy atom. The van der Waals surface area contributed by atoms with Gasteiger partial charge in [0.25, 0.3) is 11.8 Å². The Kier molecular flexibility index (Phi) is 6.76. The van der Waals surface area contributed by atoms with E-state index in [4.69, 9.17) is 0 Å². The minimum Gasteiger partial charge on any atom is -0.358 e. The van der Waals surface area contributed by atoms with Crippen molar-refractivity contribution < 1.29 is 18.8 Å². The molecule has 7 nitrogen and oxygen atoms in total. The van der Waals surface area contributed by atoms with Crippen molar-refractivity contribution in [1.29, 1.82) is 0 Å². The van der Waals surface area contributed by atoms with Crippen LogP contribution in [0.25, 0.3) is 11.6 Å². The second kappa shape index (κ2) is 9.21. The number of nitrogens with zero attached hydrogens (tertiary/aromatic N) is 1. The number of hydrogen-bond donors (Lipinski definition) is 3. The highest BCUT2D eigenvalue weighted by molar-refractivity contribution is 6.34. The van der Waals surface area contributed by atoms with Crippen LogP contribution in [0.1, 0.15) is 60.6 Å². The zero-order valence-electron chi connectivity index (χ0n) is 20.0. The Labute approximate surface area is 193 Å². The van der Waals surface area contributed by atoms with Crippen molar-refractivity contribution in [2.45, 2.75) is 41.5 Å². The smallest absolute Gasteiger partial charge is 0.256 e. The number of amides is 3. The summed E-state index contributed by atoms with van der Waals surface area (Å²) in [4.78, 5) is 42.7. The number of aromatic nitrogens is 1. The number of rotatable bonds is 6. The molecule has 0 radical (unpaired) electrons. The molecule has 33 heavy (non-hydrogen) atoms. The lowest BCUT2D eigenvalue weighted by Gasteiger charge is -2.28. The first-order chi connectivity index (χ1) is 15.4. The van der Waals surface area contributed by atoms with Gasteiger partial charge < -0.3 is 20.5 Å². The summed E-state index contributed by atoms with van der Waals surface area (Å²) in [6, 6.07) is 4.14. The number of nitrogens with one attached hydrogen (secondary N) is 3. The molecule has 0 spiro atoms. The van der Waals surface area contributed by atoms with Crippen LogP contribution in [0.5, 0.6) is 0 Å². The van der Waals surface area contributed by atoms with Gasteiger partial charge in [-0.3, -0.25) is 14.4 Å². The molecule has 1 aliphatic rings. The summed E-state index contributed by atoms with van der Waals surface area (Å²) in [6.07, 6.45) is 1.64. The van der Waals surface area contributed by atoms with E-state index in [2.05, 4.69) is 15.6 Å². The normalized spacial score (nSPS) is 14.3. The maximum atomic E-state index is 13.7. The van der Waals surface area contributed by atoms with E-state index in [1.165, 1.54) is 18.2 Å². The molecule has 0 unspecified atom stereocenters. The van der Waals surface area contributed by atoms with Crippen LogP contribution in [0.3, 0.4) is 0 Å². The zero-order valence-corrected chi connectivity index (χ0v) is 20.0. The molecular weight excluding hydrogens is 423 g/mol. The first-order valence-electron chi connectivity index (χ1n) is 11.0. The molecule has 0 aliphatic carbocycles. The number of aromatic amines is 1. The topological polar surface area (TPSA) is 94.3 Å². The predicted octanol–water partition coefficient (Wildman–Crippen LogP) is 3.89. The molecule has 0 bridgehead atoms. The number of hydrogen-bond acceptors (Lipinski definition) is 3. The van der Waals surface area contributed by atoms with Gasteiger partial charge in [-0.1, -0.05) is 20.8 Å². The molecule has 0 saturated carbocycles. The van der Waals surface area contributed by atoms with Gasteiger partial charge in [-0.2, -0.15) is 0 Å². The van der Waals surface area contributed by atoms with Crippen LogP contribution in [-0.2, 0) is 9.59 Å². The Bertz CT molecular complexity index is 1140. The van der Waals surface area contributed by atoms with Gasteiger partial charge in [0.15, 0.2) is 0 Å². The standard InChI is InChI=1S/C25H31FN4O3/c1-7-30(24(33)25(4,5)6)11-10-27-23(32)21-14(2)20(28-15(21)3)13-18-17-12-16(26)8-9-19(17)29-22(18)31/h8-9,12-13,28H,7,10-11H2,1-6H3,(H,27,32)(H,29,31)/b18-13-. The Morgan fingerprint density at radius 3 is 2.55 bits per heavy atom. The van der Waals surface area contributed by atoms with Crippen molar-refractivity contribution >= 4 is 35.1 Å². The van der Waals surface area contributed by atoms with Crippen molar-refractivity contribution in [2.24, 2.45) is 5.41 Å². The highest BCUT2D eigenvalue weighted by atomic mass is 19.1. The fraction of sp³-hybridized carbons (Fsp3) is 0.400. The molecule has 8 heteroatoms. The molecule has 2 aromatic rings. The van der Waals surface area contributed by atoms with Gasteiger partial charge in [0, 0.05) is 47.7 Å². The van der Waals surface area contributed by atoms with Gasteiger partial charge in [0.2, 0.25) is 5.91 Å². The van der Waals surface area contributed by atoms with Crippen LogP contribution >= 0.6 is 0 Å². The number of benzene rings is 1. The summed E-state index contributed by atoms with van der Waals surface area (Å²) >= 11 is 0. The van der Waals surface area contributed by atoms with Crippen LogP contribution in [0.4, 0.5) is 10.1 Å². The average molecular weight is 455 g/mol. The Balaban J connectivity index is 1.77. The molecule has 1 aromatic heterocycles. The van der Waals surface area contributed by atoms with Crippen LogP contribution in [0.15, 0.2) is 18.2 Å². The summed E-state index contributed by atoms with van der Waals surface area (Å²) in [5.41, 5.74) is 3.34. The Morgan fingerprint density at radius 2 is 1.91 bits per heavy atom.